The number of nitrogens with zero attached hydrogens (tertiary/aromatic N) is 4. The van der Waals surface area contributed by atoms with Crippen molar-refractivity contribution in [3.63, 3.8) is 0 Å². The van der Waals surface area contributed by atoms with E-state index in [2.05, 4.69) is 10.3 Å². The number of benzene rings is 3. The second-order valence-corrected chi connectivity index (χ2v) is 15.1. The lowest BCUT2D eigenvalue weighted by Crippen LogP contribution is -2.38. The lowest BCUT2D eigenvalue weighted by molar-refractivity contribution is -0.137. The second kappa shape index (κ2) is 16.4. The highest BCUT2D eigenvalue weighted by atomic mass is 35.5. The molecule has 0 unspecified atom stereocenters. The monoisotopic (exact) mass is 781 g/mol. The Hall–Kier alpha value is -4.96. The maximum atomic E-state index is 16.0. The fourth-order valence-corrected chi connectivity index (χ4v) is 6.74. The van der Waals surface area contributed by atoms with E-state index >= 15 is 4.39 Å². The van der Waals surface area contributed by atoms with Gasteiger partial charge in [-0.1, -0.05) is 17.7 Å². The summed E-state index contributed by atoms with van der Waals surface area (Å²) in [6.45, 7) is 4.97. The van der Waals surface area contributed by atoms with Crippen molar-refractivity contribution in [2.24, 2.45) is 0 Å². The number of methoxy groups -OCH3 is 2. The third-order valence-corrected chi connectivity index (χ3v) is 9.86. The molecule has 1 aromatic heterocycles. The van der Waals surface area contributed by atoms with Crippen molar-refractivity contribution in [3.8, 4) is 11.5 Å². The number of halogens is 5. The van der Waals surface area contributed by atoms with Crippen molar-refractivity contribution in [2.45, 2.75) is 44.0 Å². The van der Waals surface area contributed by atoms with Gasteiger partial charge in [-0.15, -0.1) is 0 Å². The number of rotatable bonds is 13. The maximum absolute atomic E-state index is 16.0. The molecule has 0 radical (unpaired) electrons. The van der Waals surface area contributed by atoms with E-state index in [0.717, 1.165) is 34.6 Å². The van der Waals surface area contributed by atoms with Crippen LogP contribution in [0.4, 0.5) is 45.2 Å². The molecule has 0 fully saturated rings. The van der Waals surface area contributed by atoms with E-state index in [1.165, 1.54) is 50.4 Å². The Bertz CT molecular complexity index is 2030. The van der Waals surface area contributed by atoms with Gasteiger partial charge in [-0.25, -0.2) is 26.9 Å². The van der Waals surface area contributed by atoms with E-state index in [1.807, 2.05) is 0 Å². The van der Waals surface area contributed by atoms with Crippen molar-refractivity contribution < 1.29 is 45.0 Å². The lowest BCUT2D eigenvalue weighted by Gasteiger charge is -2.28. The van der Waals surface area contributed by atoms with Gasteiger partial charge in [-0.3, -0.25) is 0 Å². The Morgan fingerprint density at radius 1 is 0.925 bits per heavy atom. The summed E-state index contributed by atoms with van der Waals surface area (Å²) in [5.41, 5.74) is -1.26. The zero-order valence-electron chi connectivity index (χ0n) is 30.1. The highest BCUT2D eigenvalue weighted by Crippen LogP contribution is 2.39. The van der Waals surface area contributed by atoms with Crippen molar-refractivity contribution in [2.75, 3.05) is 55.9 Å². The molecule has 0 atom stereocenters. The molecule has 0 aliphatic carbocycles. The molecule has 17 heteroatoms. The van der Waals surface area contributed by atoms with Gasteiger partial charge in [0.05, 0.1) is 48.4 Å². The van der Waals surface area contributed by atoms with Gasteiger partial charge in [0.2, 0.25) is 0 Å². The zero-order chi connectivity index (χ0) is 39.3. The number of hydrogen-bond donors (Lipinski definition) is 1. The van der Waals surface area contributed by atoms with Gasteiger partial charge in [0.25, 0.3) is 10.0 Å². The fraction of sp³-hybridized carbons (Fsp3) is 0.333. The van der Waals surface area contributed by atoms with Crippen LogP contribution in [0.15, 0.2) is 77.8 Å². The minimum atomic E-state index is -4.69. The first kappa shape index (κ1) is 40.8. The number of nitrogens with one attached hydrogen (secondary N) is 1. The van der Waals surface area contributed by atoms with Crippen LogP contribution in [-0.2, 0) is 27.5 Å². The number of likely N-dealkylation sites (N-methyl/N-ethyl adjacent to an activating group) is 2. The van der Waals surface area contributed by atoms with Gasteiger partial charge in [0.15, 0.2) is 0 Å². The number of alkyl halides is 3. The van der Waals surface area contributed by atoms with Gasteiger partial charge in [0, 0.05) is 51.1 Å². The van der Waals surface area contributed by atoms with Crippen LogP contribution in [0.5, 0.6) is 11.5 Å². The Morgan fingerprint density at radius 3 is 2.25 bits per heavy atom. The molecular formula is C36H40ClF4N5O6S. The zero-order valence-corrected chi connectivity index (χ0v) is 31.7. The highest BCUT2D eigenvalue weighted by Gasteiger charge is 2.33. The summed E-state index contributed by atoms with van der Waals surface area (Å²) in [6.07, 6.45) is -3.92. The summed E-state index contributed by atoms with van der Waals surface area (Å²) < 4.78 is 103. The number of carbonyl (C=O) groups excluding carboxylic acids is 1. The van der Waals surface area contributed by atoms with Gasteiger partial charge >= 0.3 is 12.3 Å². The molecule has 11 nitrogen and oxygen atoms in total. The largest absolute Gasteiger partial charge is 0.497 e. The van der Waals surface area contributed by atoms with E-state index in [4.69, 9.17) is 25.8 Å². The van der Waals surface area contributed by atoms with Crippen LogP contribution in [0.2, 0.25) is 5.02 Å². The van der Waals surface area contributed by atoms with Gasteiger partial charge < -0.3 is 29.3 Å². The number of sulfonamides is 1. The summed E-state index contributed by atoms with van der Waals surface area (Å²) in [5.74, 6) is -0.431. The van der Waals surface area contributed by atoms with E-state index in [9.17, 15) is 26.4 Å². The quantitative estimate of drug-likeness (QED) is 0.134. The first-order valence-electron chi connectivity index (χ1n) is 16.0. The highest BCUT2D eigenvalue weighted by molar-refractivity contribution is 7.92. The van der Waals surface area contributed by atoms with Gasteiger partial charge in [-0.2, -0.15) is 13.2 Å². The lowest BCUT2D eigenvalue weighted by atomic mass is 10.1. The normalized spacial score (nSPS) is 11.8. The maximum Gasteiger partial charge on any atom is 0.416 e. The average molecular weight is 782 g/mol. The molecule has 1 heterocycles. The van der Waals surface area contributed by atoms with Gasteiger partial charge in [-0.05, 0) is 69.3 Å². The average Bonchev–Trinajstić information content (AvgIpc) is 3.09. The molecule has 4 rings (SSSR count). The third kappa shape index (κ3) is 10.1. The second-order valence-electron chi connectivity index (χ2n) is 12.8. The Morgan fingerprint density at radius 2 is 1.64 bits per heavy atom. The number of pyridine rings is 1. The van der Waals surface area contributed by atoms with Crippen LogP contribution in [0.1, 0.15) is 31.9 Å². The molecule has 53 heavy (non-hydrogen) atoms. The number of carbonyl (C=O) groups is 1. The molecule has 0 aliphatic heterocycles. The summed E-state index contributed by atoms with van der Waals surface area (Å²) in [7, 11) is 1.20. The van der Waals surface area contributed by atoms with Crippen LogP contribution >= 0.6 is 11.6 Å². The first-order valence-corrected chi connectivity index (χ1v) is 17.8. The molecule has 1 amide bonds. The Labute approximate surface area is 311 Å². The minimum Gasteiger partial charge on any atom is -0.497 e. The predicted octanol–water partition coefficient (Wildman–Crippen LogP) is 8.35. The summed E-state index contributed by atoms with van der Waals surface area (Å²) in [6, 6.07) is 14.0. The molecule has 0 bridgehead atoms. The van der Waals surface area contributed by atoms with Crippen molar-refractivity contribution in [1.29, 1.82) is 0 Å². The molecule has 0 spiro atoms. The van der Waals surface area contributed by atoms with E-state index in [1.54, 1.807) is 51.1 Å². The molecule has 1 N–H and O–H groups in total. The van der Waals surface area contributed by atoms with E-state index in [-0.39, 0.29) is 47.5 Å². The number of ether oxygens (including phenoxy) is 3. The van der Waals surface area contributed by atoms with Crippen molar-refractivity contribution >= 4 is 50.6 Å². The predicted molar refractivity (Wildman–Crippen MR) is 195 cm³/mol. The first-order chi connectivity index (χ1) is 24.7. The van der Waals surface area contributed by atoms with Crippen molar-refractivity contribution in [1.82, 2.24) is 9.88 Å². The van der Waals surface area contributed by atoms with Crippen LogP contribution < -0.4 is 24.0 Å². The SMILES string of the molecule is COc1ccc(CN(c2ccccn2)S(=O)(=O)c2cc(Cl)c(Nc3ccc(C(F)(F)F)cc3N(C)CCN(C)C(=O)OC(C)(C)C)cc2F)c(OC)c1. The standard InChI is InChI=1S/C36H40ClF4N5O6S/c1-35(2,3)52-34(47)45(5)17-16-44(4)30-18-24(36(39,40)41)12-14-28(30)43-29-21-27(38)32(20-26(29)37)53(48,49)46(33-10-8-9-15-42-33)22-23-11-13-25(50-6)19-31(23)51-7/h8-15,18-21,43H,16-17,22H2,1-7H3. The number of amides is 1. The smallest absolute Gasteiger partial charge is 0.416 e. The summed E-state index contributed by atoms with van der Waals surface area (Å²) in [5, 5.41) is 2.61. The number of anilines is 4. The molecule has 4 aromatic rings. The summed E-state index contributed by atoms with van der Waals surface area (Å²) >= 11 is 6.56. The van der Waals surface area contributed by atoms with E-state index < -0.39 is 44.2 Å². The summed E-state index contributed by atoms with van der Waals surface area (Å²) in [4.78, 5) is 18.6. The molecular weight excluding hydrogens is 742 g/mol. The Balaban J connectivity index is 1.69. The van der Waals surface area contributed by atoms with Crippen LogP contribution in [0.25, 0.3) is 0 Å². The Kier molecular flexibility index (Phi) is 12.6. The molecule has 0 saturated heterocycles. The van der Waals surface area contributed by atoms with Crippen molar-refractivity contribution in [3.05, 3.63) is 94.9 Å². The minimum absolute atomic E-state index is 0.0159. The van der Waals surface area contributed by atoms with Crippen LogP contribution in [0, 0.1) is 5.82 Å². The number of aromatic nitrogens is 1. The molecule has 3 aromatic carbocycles. The van der Waals surface area contributed by atoms with Crippen LogP contribution in [0.3, 0.4) is 0 Å². The molecule has 0 aliphatic rings. The topological polar surface area (TPSA) is 114 Å². The fourth-order valence-electron chi connectivity index (χ4n) is 4.99. The van der Waals surface area contributed by atoms with E-state index in [0.29, 0.717) is 17.1 Å². The third-order valence-electron chi connectivity index (χ3n) is 7.78. The van der Waals surface area contributed by atoms with Gasteiger partial charge in [0.1, 0.15) is 33.6 Å². The number of hydrogen-bond acceptors (Lipinski definition) is 9. The molecule has 0 saturated carbocycles. The molecule has 286 valence electrons. The van der Waals surface area contributed by atoms with Crippen LogP contribution in [-0.4, -0.2) is 71.4 Å².